The largest absolute Gasteiger partial charge is 0.250 e. The maximum Gasteiger partial charge on any atom is 0.0929 e. The van der Waals surface area contributed by atoms with Crippen LogP contribution in [0.25, 0.3) is 0 Å². The molecule has 0 aliphatic carbocycles. The molecule has 0 saturated carbocycles. The Morgan fingerprint density at radius 1 is 1.40 bits per heavy atom. The van der Waals surface area contributed by atoms with E-state index in [1.54, 1.807) is 6.20 Å². The van der Waals surface area contributed by atoms with Crippen molar-refractivity contribution in [2.75, 3.05) is 0 Å². The van der Waals surface area contributed by atoms with Crippen molar-refractivity contribution in [1.82, 2.24) is 4.98 Å². The summed E-state index contributed by atoms with van der Waals surface area (Å²) in [6.07, 6.45) is 2.96. The van der Waals surface area contributed by atoms with Gasteiger partial charge in [0.25, 0.3) is 0 Å². The van der Waals surface area contributed by atoms with E-state index in [-0.39, 0.29) is 0 Å². The summed E-state index contributed by atoms with van der Waals surface area (Å²) in [5.41, 5.74) is 0. The predicted octanol–water partition coefficient (Wildman–Crippen LogP) is 2.79. The number of thiol groups is 1. The van der Waals surface area contributed by atoms with E-state index in [1.807, 2.05) is 18.2 Å². The first-order valence-electron chi connectivity index (χ1n) is 3.41. The van der Waals surface area contributed by atoms with E-state index in [0.29, 0.717) is 0 Å². The number of aromatic nitrogens is 1. The summed E-state index contributed by atoms with van der Waals surface area (Å²) in [6.45, 7) is 4.25. The summed E-state index contributed by atoms with van der Waals surface area (Å²) in [5, 5.41) is 0.766. The molecule has 0 atom stereocenters. The quantitative estimate of drug-likeness (QED) is 0.568. The van der Waals surface area contributed by atoms with Crippen LogP contribution in [0.15, 0.2) is 29.4 Å². The first kappa shape index (κ1) is 9.50. The molecule has 0 aliphatic rings. The summed E-state index contributed by atoms with van der Waals surface area (Å²) in [5.74, 6) is 0. The molecule has 1 nitrogen and oxygen atoms in total. The molecule has 2 heteroatoms. The lowest BCUT2D eigenvalue weighted by molar-refractivity contribution is 1.09. The van der Waals surface area contributed by atoms with Crippen LogP contribution < -0.4 is 0 Å². The molecule has 56 valence electrons. The minimum absolute atomic E-state index is 0.766. The summed E-state index contributed by atoms with van der Waals surface area (Å²) in [7, 11) is 0. The fraction of sp³-hybridized carbons (Fsp3) is 0.375. The second-order valence-electron chi connectivity index (χ2n) is 1.90. The predicted molar refractivity (Wildman–Crippen MR) is 47.5 cm³/mol. The minimum Gasteiger partial charge on any atom is -0.250 e. The van der Waals surface area contributed by atoms with Gasteiger partial charge >= 0.3 is 0 Å². The van der Waals surface area contributed by atoms with Gasteiger partial charge in [-0.25, -0.2) is 0 Å². The summed E-state index contributed by atoms with van der Waals surface area (Å²) < 4.78 is 0. The fourth-order valence-corrected chi connectivity index (χ4v) is 0.506. The van der Waals surface area contributed by atoms with Gasteiger partial charge in [-0.15, -0.1) is 12.6 Å². The lowest BCUT2D eigenvalue weighted by Gasteiger charge is -1.81. The highest BCUT2D eigenvalue weighted by Crippen LogP contribution is 1.95. The maximum atomic E-state index is 3.97. The monoisotopic (exact) mass is 155 g/mol. The van der Waals surface area contributed by atoms with Crippen LogP contribution in [0.4, 0.5) is 0 Å². The van der Waals surface area contributed by atoms with Crippen molar-refractivity contribution in [3.63, 3.8) is 0 Å². The van der Waals surface area contributed by atoms with E-state index in [0.717, 1.165) is 5.03 Å². The van der Waals surface area contributed by atoms with Crippen molar-refractivity contribution in [2.45, 2.75) is 25.3 Å². The van der Waals surface area contributed by atoms with Gasteiger partial charge in [-0.1, -0.05) is 26.3 Å². The van der Waals surface area contributed by atoms with Gasteiger partial charge in [-0.3, -0.25) is 4.98 Å². The summed E-state index contributed by atoms with van der Waals surface area (Å²) >= 11 is 3.97. The van der Waals surface area contributed by atoms with E-state index in [1.165, 1.54) is 6.42 Å². The number of rotatable bonds is 0. The Hall–Kier alpha value is -0.500. The van der Waals surface area contributed by atoms with Crippen LogP contribution in [0.1, 0.15) is 20.3 Å². The molecule has 0 saturated heterocycles. The number of hydrogen-bond donors (Lipinski definition) is 1. The highest BCUT2D eigenvalue weighted by Gasteiger charge is 1.74. The van der Waals surface area contributed by atoms with Gasteiger partial charge in [0.15, 0.2) is 0 Å². The van der Waals surface area contributed by atoms with Crippen LogP contribution >= 0.6 is 12.6 Å². The molecule has 0 spiro atoms. The van der Waals surface area contributed by atoms with Gasteiger partial charge in [0, 0.05) is 6.20 Å². The van der Waals surface area contributed by atoms with Crippen LogP contribution in [0.2, 0.25) is 0 Å². The van der Waals surface area contributed by atoms with E-state index < -0.39 is 0 Å². The third kappa shape index (κ3) is 5.63. The highest BCUT2D eigenvalue weighted by molar-refractivity contribution is 7.80. The number of pyridine rings is 1. The smallest absolute Gasteiger partial charge is 0.0929 e. The molecule has 0 N–H and O–H groups in total. The molecule has 1 heterocycles. The lowest BCUT2D eigenvalue weighted by atomic mass is 10.5. The van der Waals surface area contributed by atoms with E-state index in [4.69, 9.17) is 0 Å². The minimum atomic E-state index is 0.766. The number of hydrogen-bond acceptors (Lipinski definition) is 2. The zero-order chi connectivity index (χ0) is 7.82. The van der Waals surface area contributed by atoms with Gasteiger partial charge in [0.2, 0.25) is 0 Å². The van der Waals surface area contributed by atoms with Gasteiger partial charge in [0.05, 0.1) is 5.03 Å². The molecule has 1 aromatic rings. The fourth-order valence-electron chi connectivity index (χ4n) is 0.354. The second kappa shape index (κ2) is 6.62. The van der Waals surface area contributed by atoms with Gasteiger partial charge in [0.1, 0.15) is 0 Å². The van der Waals surface area contributed by atoms with Crippen LogP contribution in [0, 0.1) is 0 Å². The average Bonchev–Trinajstić information content (AvgIpc) is 1.91. The van der Waals surface area contributed by atoms with Crippen molar-refractivity contribution in [3.05, 3.63) is 24.4 Å². The Labute approximate surface area is 67.9 Å². The molecule has 0 aromatic carbocycles. The molecule has 1 aromatic heterocycles. The summed E-state index contributed by atoms with van der Waals surface area (Å²) in [6, 6.07) is 5.60. The van der Waals surface area contributed by atoms with Crippen molar-refractivity contribution < 1.29 is 0 Å². The summed E-state index contributed by atoms with van der Waals surface area (Å²) in [4.78, 5) is 3.84. The number of nitrogens with zero attached hydrogens (tertiary/aromatic N) is 1. The van der Waals surface area contributed by atoms with Gasteiger partial charge < -0.3 is 0 Å². The maximum absolute atomic E-state index is 3.97. The van der Waals surface area contributed by atoms with Gasteiger partial charge in [-0.05, 0) is 12.1 Å². The molecule has 0 bridgehead atoms. The third-order valence-electron chi connectivity index (χ3n) is 0.649. The SMILES string of the molecule is CCC.Sc1ccccn1. The molecular weight excluding hydrogens is 142 g/mol. The van der Waals surface area contributed by atoms with E-state index in [9.17, 15) is 0 Å². The molecular formula is C8H13NS. The standard InChI is InChI=1S/C5H5NS.C3H8/c7-5-3-1-2-4-6-5;1-3-2/h1-4H,(H,6,7);3H2,1-2H3. The molecule has 0 amide bonds. The third-order valence-corrected chi connectivity index (χ3v) is 0.914. The topological polar surface area (TPSA) is 12.9 Å². The normalized spacial score (nSPS) is 7.90. The first-order chi connectivity index (χ1) is 4.81. The Bertz CT molecular complexity index is 151. The highest BCUT2D eigenvalue weighted by atomic mass is 32.1. The zero-order valence-corrected chi connectivity index (χ0v) is 7.31. The van der Waals surface area contributed by atoms with Crippen molar-refractivity contribution in [2.24, 2.45) is 0 Å². The lowest BCUT2D eigenvalue weighted by Crippen LogP contribution is -1.67. The second-order valence-corrected chi connectivity index (χ2v) is 2.35. The Morgan fingerprint density at radius 3 is 2.20 bits per heavy atom. The molecule has 0 radical (unpaired) electrons. The van der Waals surface area contributed by atoms with Crippen molar-refractivity contribution >= 4 is 12.6 Å². The van der Waals surface area contributed by atoms with Crippen molar-refractivity contribution in [1.29, 1.82) is 0 Å². The molecule has 0 unspecified atom stereocenters. The first-order valence-corrected chi connectivity index (χ1v) is 3.86. The van der Waals surface area contributed by atoms with E-state index >= 15 is 0 Å². The van der Waals surface area contributed by atoms with Crippen LogP contribution in [-0.2, 0) is 0 Å². The molecule has 0 fully saturated rings. The van der Waals surface area contributed by atoms with Crippen molar-refractivity contribution in [3.8, 4) is 0 Å². The zero-order valence-electron chi connectivity index (χ0n) is 6.41. The molecule has 0 aliphatic heterocycles. The van der Waals surface area contributed by atoms with Gasteiger partial charge in [-0.2, -0.15) is 0 Å². The van der Waals surface area contributed by atoms with Crippen LogP contribution in [0.5, 0.6) is 0 Å². The average molecular weight is 155 g/mol. The van der Waals surface area contributed by atoms with Crippen LogP contribution in [0.3, 0.4) is 0 Å². The Kier molecular flexibility index (Phi) is 6.29. The van der Waals surface area contributed by atoms with E-state index in [2.05, 4.69) is 31.5 Å². The Balaban J connectivity index is 0.000000236. The molecule has 10 heavy (non-hydrogen) atoms. The molecule has 1 rings (SSSR count). The Morgan fingerprint density at radius 2 is 2.00 bits per heavy atom. The van der Waals surface area contributed by atoms with Crippen LogP contribution in [-0.4, -0.2) is 4.98 Å².